The molecule has 0 spiro atoms. The number of fused-ring (bicyclic) bond motifs is 2. The SMILES string of the molecule is C=CC[C@]12C=CCC1=C1C=CC(=O)C=C1C=C2. The average Bonchev–Trinajstić information content (AvgIpc) is 2.73. The van der Waals surface area contributed by atoms with Gasteiger partial charge in [-0.1, -0.05) is 36.5 Å². The van der Waals surface area contributed by atoms with Crippen molar-refractivity contribution in [2.75, 3.05) is 0 Å². The first-order chi connectivity index (χ1) is 8.25. The molecule has 0 radical (unpaired) electrons. The highest BCUT2D eigenvalue weighted by Crippen LogP contribution is 2.48. The van der Waals surface area contributed by atoms with Gasteiger partial charge in [0.15, 0.2) is 5.78 Å². The fourth-order valence-electron chi connectivity index (χ4n) is 2.88. The van der Waals surface area contributed by atoms with Crippen LogP contribution >= 0.6 is 0 Å². The van der Waals surface area contributed by atoms with Crippen LogP contribution in [-0.4, -0.2) is 5.78 Å². The van der Waals surface area contributed by atoms with Crippen LogP contribution in [0.15, 0.2) is 71.9 Å². The summed E-state index contributed by atoms with van der Waals surface area (Å²) in [6.45, 7) is 3.85. The Morgan fingerprint density at radius 1 is 1.29 bits per heavy atom. The smallest absolute Gasteiger partial charge is 0.179 e. The lowest BCUT2D eigenvalue weighted by molar-refractivity contribution is -0.110. The van der Waals surface area contributed by atoms with E-state index >= 15 is 0 Å². The summed E-state index contributed by atoms with van der Waals surface area (Å²) in [5.41, 5.74) is 3.68. The normalized spacial score (nSPS) is 29.2. The molecule has 3 aliphatic carbocycles. The maximum Gasteiger partial charge on any atom is 0.179 e. The van der Waals surface area contributed by atoms with Crippen LogP contribution in [0.5, 0.6) is 0 Å². The second-order valence-corrected chi connectivity index (χ2v) is 4.70. The van der Waals surface area contributed by atoms with Gasteiger partial charge in [-0.25, -0.2) is 0 Å². The minimum atomic E-state index is 0.0130. The van der Waals surface area contributed by atoms with Crippen molar-refractivity contribution in [1.82, 2.24) is 0 Å². The third-order valence-electron chi connectivity index (χ3n) is 3.69. The Labute approximate surface area is 101 Å². The van der Waals surface area contributed by atoms with E-state index in [-0.39, 0.29) is 11.2 Å². The monoisotopic (exact) mass is 222 g/mol. The summed E-state index contributed by atoms with van der Waals surface area (Å²) in [6.07, 6.45) is 17.9. The van der Waals surface area contributed by atoms with Crippen LogP contribution < -0.4 is 0 Å². The quantitative estimate of drug-likeness (QED) is 0.654. The van der Waals surface area contributed by atoms with E-state index in [9.17, 15) is 4.79 Å². The first-order valence-corrected chi connectivity index (χ1v) is 5.91. The van der Waals surface area contributed by atoms with Crippen molar-refractivity contribution in [1.29, 1.82) is 0 Å². The topological polar surface area (TPSA) is 17.1 Å². The number of carbonyl (C=O) groups excluding carboxylic acids is 1. The highest BCUT2D eigenvalue weighted by molar-refractivity contribution is 6.03. The van der Waals surface area contributed by atoms with Crippen molar-refractivity contribution >= 4 is 5.78 Å². The van der Waals surface area contributed by atoms with Gasteiger partial charge in [-0.2, -0.15) is 0 Å². The van der Waals surface area contributed by atoms with Crippen LogP contribution in [0.4, 0.5) is 0 Å². The van der Waals surface area contributed by atoms with Gasteiger partial charge in [0, 0.05) is 5.41 Å². The van der Waals surface area contributed by atoms with E-state index in [1.165, 1.54) is 11.1 Å². The molecule has 3 aliphatic rings. The van der Waals surface area contributed by atoms with E-state index in [2.05, 4.69) is 30.9 Å². The first-order valence-electron chi connectivity index (χ1n) is 5.91. The molecule has 0 amide bonds. The maximum atomic E-state index is 11.4. The Balaban J connectivity index is 2.15. The van der Waals surface area contributed by atoms with Gasteiger partial charge >= 0.3 is 0 Å². The number of rotatable bonds is 2. The van der Waals surface area contributed by atoms with Crippen molar-refractivity contribution in [3.05, 3.63) is 71.9 Å². The highest BCUT2D eigenvalue weighted by Gasteiger charge is 2.35. The molecule has 0 aliphatic heterocycles. The van der Waals surface area contributed by atoms with E-state index in [4.69, 9.17) is 0 Å². The van der Waals surface area contributed by atoms with Crippen LogP contribution in [-0.2, 0) is 4.79 Å². The molecule has 84 valence electrons. The molecule has 0 heterocycles. The molecule has 0 aromatic rings. The third kappa shape index (κ3) is 1.42. The Kier molecular flexibility index (Phi) is 2.15. The molecule has 0 saturated carbocycles. The van der Waals surface area contributed by atoms with Gasteiger partial charge in [0.2, 0.25) is 0 Å². The lowest BCUT2D eigenvalue weighted by Crippen LogP contribution is -2.20. The lowest BCUT2D eigenvalue weighted by atomic mass is 9.72. The van der Waals surface area contributed by atoms with Gasteiger partial charge < -0.3 is 0 Å². The van der Waals surface area contributed by atoms with Gasteiger partial charge in [0.1, 0.15) is 0 Å². The van der Waals surface area contributed by atoms with Gasteiger partial charge in [0.05, 0.1) is 0 Å². The molecule has 0 fully saturated rings. The minimum absolute atomic E-state index is 0.0130. The Bertz CT molecular complexity index is 552. The number of hydrogen-bond acceptors (Lipinski definition) is 1. The summed E-state index contributed by atoms with van der Waals surface area (Å²) in [5, 5.41) is 0. The minimum Gasteiger partial charge on any atom is -0.290 e. The predicted molar refractivity (Wildman–Crippen MR) is 69.4 cm³/mol. The van der Waals surface area contributed by atoms with Gasteiger partial charge in [-0.05, 0) is 41.7 Å². The molecular formula is C16H14O. The highest BCUT2D eigenvalue weighted by atomic mass is 16.1. The molecular weight excluding hydrogens is 208 g/mol. The van der Waals surface area contributed by atoms with Crippen LogP contribution in [0.3, 0.4) is 0 Å². The Morgan fingerprint density at radius 3 is 3.00 bits per heavy atom. The third-order valence-corrected chi connectivity index (χ3v) is 3.69. The van der Waals surface area contributed by atoms with E-state index in [1.54, 1.807) is 12.2 Å². The molecule has 0 unspecified atom stereocenters. The van der Waals surface area contributed by atoms with Gasteiger partial charge in [-0.15, -0.1) is 6.58 Å². The summed E-state index contributed by atoms with van der Waals surface area (Å²) < 4.78 is 0. The van der Waals surface area contributed by atoms with E-state index in [0.717, 1.165) is 18.4 Å². The zero-order valence-electron chi connectivity index (χ0n) is 9.65. The van der Waals surface area contributed by atoms with Crippen LogP contribution in [0.25, 0.3) is 0 Å². The van der Waals surface area contributed by atoms with Crippen molar-refractivity contribution in [2.45, 2.75) is 12.8 Å². The Hall–Kier alpha value is -1.89. The fourth-order valence-corrected chi connectivity index (χ4v) is 2.88. The number of carbonyl (C=O) groups is 1. The Morgan fingerprint density at radius 2 is 2.18 bits per heavy atom. The lowest BCUT2D eigenvalue weighted by Gasteiger charge is -2.31. The van der Waals surface area contributed by atoms with Crippen molar-refractivity contribution in [2.24, 2.45) is 5.41 Å². The van der Waals surface area contributed by atoms with Crippen molar-refractivity contribution in [3.63, 3.8) is 0 Å². The van der Waals surface area contributed by atoms with Gasteiger partial charge in [0.25, 0.3) is 0 Å². The van der Waals surface area contributed by atoms with E-state index in [0.29, 0.717) is 0 Å². The molecule has 0 saturated heterocycles. The number of ketones is 1. The average molecular weight is 222 g/mol. The summed E-state index contributed by atoms with van der Waals surface area (Å²) in [6, 6.07) is 0. The van der Waals surface area contributed by atoms with Crippen molar-refractivity contribution in [3.8, 4) is 0 Å². The van der Waals surface area contributed by atoms with Gasteiger partial charge in [-0.3, -0.25) is 4.79 Å². The van der Waals surface area contributed by atoms with Crippen LogP contribution in [0.1, 0.15) is 12.8 Å². The molecule has 0 bridgehead atoms. The second kappa shape index (κ2) is 3.56. The standard InChI is InChI=1S/C16H14O/c1-2-8-16-9-3-4-15(16)14-6-5-13(17)11-12(14)7-10-16/h2-3,5-7,9-11H,1,4,8H2/t16-/m1/s1. The molecule has 3 rings (SSSR count). The molecule has 0 aromatic carbocycles. The second-order valence-electron chi connectivity index (χ2n) is 4.70. The predicted octanol–water partition coefficient (Wildman–Crippen LogP) is 3.44. The molecule has 0 N–H and O–H groups in total. The maximum absolute atomic E-state index is 11.4. The van der Waals surface area contributed by atoms with Crippen molar-refractivity contribution < 1.29 is 4.79 Å². The molecule has 1 nitrogen and oxygen atoms in total. The van der Waals surface area contributed by atoms with Crippen LogP contribution in [0.2, 0.25) is 0 Å². The number of hydrogen-bond donors (Lipinski definition) is 0. The van der Waals surface area contributed by atoms with E-state index in [1.807, 2.05) is 12.2 Å². The first kappa shape index (κ1) is 10.3. The summed E-state index contributed by atoms with van der Waals surface area (Å²) in [5.74, 6) is 0.0798. The van der Waals surface area contributed by atoms with Crippen LogP contribution in [0, 0.1) is 5.41 Å². The zero-order chi connectivity index (χ0) is 11.9. The largest absolute Gasteiger partial charge is 0.290 e. The summed E-state index contributed by atoms with van der Waals surface area (Å²) in [7, 11) is 0. The zero-order valence-corrected chi connectivity index (χ0v) is 9.65. The summed E-state index contributed by atoms with van der Waals surface area (Å²) in [4.78, 5) is 11.4. The summed E-state index contributed by atoms with van der Waals surface area (Å²) >= 11 is 0. The molecule has 17 heavy (non-hydrogen) atoms. The number of allylic oxidation sites excluding steroid dienone is 11. The molecule has 1 heteroatoms. The van der Waals surface area contributed by atoms with E-state index < -0.39 is 0 Å². The molecule has 0 aromatic heterocycles. The molecule has 1 atom stereocenters. The fraction of sp³-hybridized carbons (Fsp3) is 0.188.